The van der Waals surface area contributed by atoms with Gasteiger partial charge in [0.25, 0.3) is 0 Å². The molecular formula is C17H20BrN. The van der Waals surface area contributed by atoms with Gasteiger partial charge < -0.3 is 5.32 Å². The summed E-state index contributed by atoms with van der Waals surface area (Å²) in [4.78, 5) is 0. The Bertz CT molecular complexity index is 496. The van der Waals surface area contributed by atoms with Gasteiger partial charge in [0.2, 0.25) is 0 Å². The van der Waals surface area contributed by atoms with Crippen molar-refractivity contribution in [2.75, 3.05) is 13.6 Å². The van der Waals surface area contributed by atoms with E-state index in [1.807, 2.05) is 7.05 Å². The first kappa shape index (κ1) is 14.3. The summed E-state index contributed by atoms with van der Waals surface area (Å²) in [6, 6.07) is 19.4. The third kappa shape index (κ3) is 4.48. The summed E-state index contributed by atoms with van der Waals surface area (Å²) in [6.45, 7) is 1.05. The van der Waals surface area contributed by atoms with Crippen LogP contribution in [0.25, 0.3) is 0 Å². The fourth-order valence-electron chi connectivity index (χ4n) is 2.38. The summed E-state index contributed by atoms with van der Waals surface area (Å²) in [6.07, 6.45) is 2.25. The van der Waals surface area contributed by atoms with Gasteiger partial charge >= 0.3 is 0 Å². The monoisotopic (exact) mass is 317 g/mol. The van der Waals surface area contributed by atoms with Crippen LogP contribution in [0.4, 0.5) is 0 Å². The van der Waals surface area contributed by atoms with E-state index >= 15 is 0 Å². The molecule has 0 aromatic heterocycles. The molecule has 0 saturated carbocycles. The minimum absolute atomic E-state index is 0.572. The van der Waals surface area contributed by atoms with Crippen LogP contribution in [-0.2, 0) is 6.42 Å². The Morgan fingerprint density at radius 2 is 1.84 bits per heavy atom. The van der Waals surface area contributed by atoms with E-state index in [4.69, 9.17) is 0 Å². The van der Waals surface area contributed by atoms with Gasteiger partial charge in [-0.05, 0) is 55.6 Å². The standard InChI is InChI=1S/C17H20BrN/c1-19-11-10-16(15-7-3-2-4-8-15)12-14-6-5-9-17(18)13-14/h2-9,13,16,19H,10-12H2,1H3. The van der Waals surface area contributed by atoms with Crippen molar-refractivity contribution in [1.29, 1.82) is 0 Å². The van der Waals surface area contributed by atoms with E-state index in [0.717, 1.165) is 23.9 Å². The average molecular weight is 318 g/mol. The Morgan fingerprint density at radius 3 is 2.53 bits per heavy atom. The second-order valence-corrected chi connectivity index (χ2v) is 5.75. The lowest BCUT2D eigenvalue weighted by Crippen LogP contribution is -2.14. The van der Waals surface area contributed by atoms with Crippen molar-refractivity contribution in [2.24, 2.45) is 0 Å². The normalized spacial score (nSPS) is 12.3. The van der Waals surface area contributed by atoms with Gasteiger partial charge in [-0.25, -0.2) is 0 Å². The zero-order valence-corrected chi connectivity index (χ0v) is 12.9. The fourth-order valence-corrected chi connectivity index (χ4v) is 2.83. The van der Waals surface area contributed by atoms with Crippen LogP contribution in [-0.4, -0.2) is 13.6 Å². The first-order chi connectivity index (χ1) is 9.29. The Kier molecular flexibility index (Phi) is 5.62. The summed E-state index contributed by atoms with van der Waals surface area (Å²) >= 11 is 3.55. The largest absolute Gasteiger partial charge is 0.320 e. The molecule has 1 N–H and O–H groups in total. The molecule has 2 aromatic rings. The first-order valence-electron chi connectivity index (χ1n) is 6.73. The van der Waals surface area contributed by atoms with Crippen molar-refractivity contribution in [3.63, 3.8) is 0 Å². The maximum absolute atomic E-state index is 3.55. The molecule has 0 aliphatic heterocycles. The number of halogens is 1. The molecule has 0 spiro atoms. The van der Waals surface area contributed by atoms with Crippen LogP contribution < -0.4 is 5.32 Å². The van der Waals surface area contributed by atoms with E-state index in [0.29, 0.717) is 5.92 Å². The van der Waals surface area contributed by atoms with Crippen molar-refractivity contribution < 1.29 is 0 Å². The lowest BCUT2D eigenvalue weighted by Gasteiger charge is -2.17. The summed E-state index contributed by atoms with van der Waals surface area (Å²) in [5, 5.41) is 3.26. The topological polar surface area (TPSA) is 12.0 Å². The molecule has 0 amide bonds. The lowest BCUT2D eigenvalue weighted by molar-refractivity contribution is 0.593. The van der Waals surface area contributed by atoms with Crippen LogP contribution in [0.15, 0.2) is 59.1 Å². The number of rotatable bonds is 6. The molecule has 0 heterocycles. The van der Waals surface area contributed by atoms with Crippen molar-refractivity contribution >= 4 is 15.9 Å². The van der Waals surface area contributed by atoms with Gasteiger partial charge in [0, 0.05) is 4.47 Å². The first-order valence-corrected chi connectivity index (χ1v) is 7.53. The van der Waals surface area contributed by atoms with Gasteiger partial charge in [0.15, 0.2) is 0 Å². The molecule has 2 heteroatoms. The zero-order chi connectivity index (χ0) is 13.5. The summed E-state index contributed by atoms with van der Waals surface area (Å²) in [5.41, 5.74) is 2.82. The second kappa shape index (κ2) is 7.46. The van der Waals surface area contributed by atoms with Gasteiger partial charge in [0.1, 0.15) is 0 Å². The van der Waals surface area contributed by atoms with Crippen LogP contribution in [0.2, 0.25) is 0 Å². The molecule has 0 bridgehead atoms. The number of benzene rings is 2. The highest BCUT2D eigenvalue weighted by Gasteiger charge is 2.11. The Balaban J connectivity index is 2.14. The molecule has 0 aliphatic carbocycles. The molecule has 1 unspecified atom stereocenters. The molecule has 100 valence electrons. The van der Waals surface area contributed by atoms with Crippen LogP contribution in [0, 0.1) is 0 Å². The predicted molar refractivity (Wildman–Crippen MR) is 85.6 cm³/mol. The number of hydrogen-bond acceptors (Lipinski definition) is 1. The minimum atomic E-state index is 0.572. The van der Waals surface area contributed by atoms with E-state index in [9.17, 15) is 0 Å². The average Bonchev–Trinajstić information content (AvgIpc) is 2.44. The van der Waals surface area contributed by atoms with Crippen molar-refractivity contribution in [2.45, 2.75) is 18.8 Å². The van der Waals surface area contributed by atoms with E-state index in [-0.39, 0.29) is 0 Å². The summed E-state index contributed by atoms with van der Waals surface area (Å²) in [7, 11) is 2.02. The fraction of sp³-hybridized carbons (Fsp3) is 0.294. The smallest absolute Gasteiger partial charge is 0.0177 e. The van der Waals surface area contributed by atoms with Gasteiger partial charge in [-0.15, -0.1) is 0 Å². The maximum atomic E-state index is 3.55. The number of nitrogens with one attached hydrogen (secondary N) is 1. The van der Waals surface area contributed by atoms with Crippen LogP contribution in [0.3, 0.4) is 0 Å². The Labute approximate surface area is 124 Å². The molecule has 0 fully saturated rings. The molecule has 2 aromatic carbocycles. The Morgan fingerprint density at radius 1 is 1.05 bits per heavy atom. The van der Waals surface area contributed by atoms with Crippen molar-refractivity contribution in [1.82, 2.24) is 5.32 Å². The highest BCUT2D eigenvalue weighted by atomic mass is 79.9. The molecule has 0 saturated heterocycles. The van der Waals surface area contributed by atoms with Gasteiger partial charge in [-0.2, -0.15) is 0 Å². The minimum Gasteiger partial charge on any atom is -0.320 e. The molecular weight excluding hydrogens is 298 g/mol. The van der Waals surface area contributed by atoms with E-state index in [1.165, 1.54) is 11.1 Å². The van der Waals surface area contributed by atoms with Gasteiger partial charge in [-0.3, -0.25) is 0 Å². The quantitative estimate of drug-likeness (QED) is 0.833. The van der Waals surface area contributed by atoms with Crippen molar-refractivity contribution in [3.05, 3.63) is 70.2 Å². The maximum Gasteiger partial charge on any atom is 0.0177 e. The van der Waals surface area contributed by atoms with E-state index < -0.39 is 0 Å². The van der Waals surface area contributed by atoms with Crippen LogP contribution >= 0.6 is 15.9 Å². The molecule has 19 heavy (non-hydrogen) atoms. The van der Waals surface area contributed by atoms with E-state index in [2.05, 4.69) is 75.8 Å². The third-order valence-electron chi connectivity index (χ3n) is 3.38. The van der Waals surface area contributed by atoms with Gasteiger partial charge in [0.05, 0.1) is 0 Å². The number of hydrogen-bond donors (Lipinski definition) is 1. The predicted octanol–water partition coefficient (Wildman–Crippen LogP) is 4.38. The molecule has 2 rings (SSSR count). The van der Waals surface area contributed by atoms with Crippen molar-refractivity contribution in [3.8, 4) is 0 Å². The van der Waals surface area contributed by atoms with Crippen LogP contribution in [0.1, 0.15) is 23.5 Å². The highest BCUT2D eigenvalue weighted by Crippen LogP contribution is 2.25. The molecule has 1 atom stereocenters. The molecule has 1 nitrogen and oxygen atoms in total. The zero-order valence-electron chi connectivity index (χ0n) is 11.3. The van der Waals surface area contributed by atoms with Gasteiger partial charge in [-0.1, -0.05) is 58.4 Å². The molecule has 0 radical (unpaired) electrons. The van der Waals surface area contributed by atoms with E-state index in [1.54, 1.807) is 0 Å². The summed E-state index contributed by atoms with van der Waals surface area (Å²) in [5.74, 6) is 0.572. The SMILES string of the molecule is CNCCC(Cc1cccc(Br)c1)c1ccccc1. The second-order valence-electron chi connectivity index (χ2n) is 4.83. The lowest BCUT2D eigenvalue weighted by atomic mass is 9.89. The summed E-state index contributed by atoms with van der Waals surface area (Å²) < 4.78 is 1.16. The Hall–Kier alpha value is -1.12. The van der Waals surface area contributed by atoms with Crippen LogP contribution in [0.5, 0.6) is 0 Å². The third-order valence-corrected chi connectivity index (χ3v) is 3.88. The highest BCUT2D eigenvalue weighted by molar-refractivity contribution is 9.10. The molecule has 0 aliphatic rings.